The molecule has 13 heavy (non-hydrogen) atoms. The van der Waals surface area contributed by atoms with Crippen molar-refractivity contribution in [2.45, 2.75) is 8.35 Å². The van der Waals surface area contributed by atoms with Gasteiger partial charge in [-0.3, -0.25) is 0 Å². The fourth-order valence-electron chi connectivity index (χ4n) is 1.11. The Hall–Kier alpha value is 1.64. The highest BCUT2D eigenvalue weighted by Crippen LogP contribution is 2.34. The molecule has 0 heterocycles. The van der Waals surface area contributed by atoms with Crippen LogP contribution in [0.5, 0.6) is 0 Å². The molecule has 0 atom stereocenters. The fraction of sp³-hybridized carbons (Fsp3) is 0.333. The topological polar surface area (TPSA) is 0 Å². The molecule has 0 N–H and O–H groups in total. The van der Waals surface area contributed by atoms with Gasteiger partial charge in [0.25, 0.3) is 0 Å². The van der Waals surface area contributed by atoms with Crippen molar-refractivity contribution in [3.63, 3.8) is 0 Å². The zero-order valence-electron chi connectivity index (χ0n) is 6.74. The Kier molecular flexibility index (Phi) is 6.13. The number of hydrogen-bond acceptors (Lipinski definition) is 0. The molecule has 0 fully saturated rings. The molecular weight excluding hydrogens is 522 g/mol. The summed E-state index contributed by atoms with van der Waals surface area (Å²) in [6.45, 7) is 0. The number of benzene rings is 1. The lowest BCUT2D eigenvalue weighted by atomic mass is 10.1. The van der Waals surface area contributed by atoms with Gasteiger partial charge in [-0.25, -0.2) is 0 Å². The van der Waals surface area contributed by atoms with Crippen LogP contribution in [0, 0.1) is 0 Å². The van der Waals surface area contributed by atoms with Crippen molar-refractivity contribution in [1.29, 1.82) is 0 Å². The molecule has 0 aliphatic heterocycles. The summed E-state index contributed by atoms with van der Waals surface area (Å²) in [7, 11) is 0. The van der Waals surface area contributed by atoms with Crippen molar-refractivity contribution in [2.75, 3.05) is 5.33 Å². The first kappa shape index (κ1) is 12.7. The fourth-order valence-corrected chi connectivity index (χ4v) is 3.16. The summed E-state index contributed by atoms with van der Waals surface area (Å²) in [5, 5.41) is 1.02. The predicted octanol–water partition coefficient (Wildman–Crippen LogP) is 5.26. The third-order valence-corrected chi connectivity index (χ3v) is 3.94. The van der Waals surface area contributed by atoms with Crippen LogP contribution in [0.2, 0.25) is 0 Å². The lowest BCUT2D eigenvalue weighted by Gasteiger charge is -2.09. The van der Waals surface area contributed by atoms with E-state index in [1.54, 1.807) is 0 Å². The van der Waals surface area contributed by atoms with Crippen molar-refractivity contribution < 1.29 is 0 Å². The van der Waals surface area contributed by atoms with Crippen LogP contribution in [-0.4, -0.2) is 5.33 Å². The summed E-state index contributed by atoms with van der Waals surface area (Å²) in [5.74, 6) is 0. The lowest BCUT2D eigenvalue weighted by Crippen LogP contribution is -1.93. The van der Waals surface area contributed by atoms with E-state index in [4.69, 9.17) is 0 Å². The van der Waals surface area contributed by atoms with Crippen LogP contribution in [0.3, 0.4) is 0 Å². The maximum absolute atomic E-state index is 3.50. The van der Waals surface area contributed by atoms with E-state index in [-0.39, 0.29) is 0 Å². The lowest BCUT2D eigenvalue weighted by molar-refractivity contribution is 1.13. The Bertz CT molecular complexity index is 287. The zero-order chi connectivity index (χ0) is 9.84. The van der Waals surface area contributed by atoms with Crippen molar-refractivity contribution in [1.82, 2.24) is 0 Å². The number of alkyl halides is 3. The van der Waals surface area contributed by atoms with Crippen LogP contribution in [0.1, 0.15) is 13.1 Å². The number of halogens is 4. The molecule has 1 aromatic carbocycles. The first-order chi connectivity index (χ1) is 6.15. The summed E-state index contributed by atoms with van der Waals surface area (Å²) in [6, 6.07) is 6.52. The molecule has 0 unspecified atom stereocenters. The van der Waals surface area contributed by atoms with Gasteiger partial charge in [0.2, 0.25) is 0 Å². The predicted molar refractivity (Wildman–Crippen MR) is 82.4 cm³/mol. The summed E-state index contributed by atoms with van der Waals surface area (Å²) >= 11 is 11.9. The summed E-state index contributed by atoms with van der Waals surface area (Å²) < 4.78 is 1.72. The second-order valence-electron chi connectivity index (χ2n) is 2.58. The molecule has 0 aromatic heterocycles. The highest BCUT2D eigenvalue weighted by Gasteiger charge is 2.08. The minimum absolute atomic E-state index is 0.553. The van der Waals surface area contributed by atoms with Crippen molar-refractivity contribution in [2.24, 2.45) is 0 Å². The molecule has 0 radical (unpaired) electrons. The Morgan fingerprint density at radius 1 is 1.31 bits per heavy atom. The van der Waals surface area contributed by atoms with Gasteiger partial charge in [0.1, 0.15) is 0 Å². The van der Waals surface area contributed by atoms with Gasteiger partial charge in [0.05, 0.1) is 1.93 Å². The highest BCUT2D eigenvalue weighted by atomic mass is 127. The van der Waals surface area contributed by atoms with Crippen molar-refractivity contribution >= 4 is 77.0 Å². The van der Waals surface area contributed by atoms with Gasteiger partial charge in [-0.1, -0.05) is 83.1 Å². The average Bonchev–Trinajstić information content (AvgIpc) is 2.04. The third-order valence-electron chi connectivity index (χ3n) is 1.70. The highest BCUT2D eigenvalue weighted by molar-refractivity contribution is 14.2. The molecule has 1 aromatic rings. The van der Waals surface area contributed by atoms with Crippen LogP contribution < -0.4 is 0 Å². The quantitative estimate of drug-likeness (QED) is 0.370. The molecule has 4 heteroatoms. The second kappa shape index (κ2) is 6.27. The maximum Gasteiger partial charge on any atom is 0.0877 e. The molecular formula is C9H8Br2I2. The first-order valence-electron chi connectivity index (χ1n) is 3.77. The van der Waals surface area contributed by atoms with Crippen LogP contribution in [0.4, 0.5) is 0 Å². The summed E-state index contributed by atoms with van der Waals surface area (Å²) in [4.78, 5) is 0. The minimum Gasteiger partial charge on any atom is -0.0924 e. The van der Waals surface area contributed by atoms with Crippen molar-refractivity contribution in [3.05, 3.63) is 33.8 Å². The van der Waals surface area contributed by atoms with E-state index < -0.39 is 0 Å². The van der Waals surface area contributed by atoms with Crippen molar-refractivity contribution in [3.8, 4) is 0 Å². The largest absolute Gasteiger partial charge is 0.0924 e. The Balaban J connectivity index is 3.03. The monoisotopic (exact) mass is 528 g/mol. The minimum atomic E-state index is 0.553. The Labute approximate surface area is 123 Å². The smallest absolute Gasteiger partial charge is 0.0877 e. The van der Waals surface area contributed by atoms with Gasteiger partial charge in [0.15, 0.2) is 0 Å². The molecule has 0 aliphatic carbocycles. The molecule has 0 saturated carbocycles. The first-order valence-corrected chi connectivity index (χ1v) is 8.18. The SMILES string of the molecule is BrCCc1cc(Br)ccc1C(I)I. The standard InChI is InChI=1S/C9H8Br2I2/c10-4-3-6-5-7(11)1-2-8(6)9(12)13/h1-2,5,9H,3-4H2. The molecule has 0 saturated heterocycles. The number of hydrogen-bond donors (Lipinski definition) is 0. The molecule has 0 aliphatic rings. The Morgan fingerprint density at radius 3 is 2.54 bits per heavy atom. The summed E-state index contributed by atoms with van der Waals surface area (Å²) in [6.07, 6.45) is 1.09. The van der Waals surface area contributed by atoms with E-state index in [0.29, 0.717) is 1.93 Å². The van der Waals surface area contributed by atoms with Crippen LogP contribution in [0.25, 0.3) is 0 Å². The molecule has 1 rings (SSSR count). The second-order valence-corrected chi connectivity index (χ2v) is 9.17. The molecule has 0 bridgehead atoms. The van der Waals surface area contributed by atoms with E-state index in [2.05, 4.69) is 95.2 Å². The van der Waals surface area contributed by atoms with E-state index in [1.165, 1.54) is 15.6 Å². The third kappa shape index (κ3) is 3.95. The maximum atomic E-state index is 3.50. The van der Waals surface area contributed by atoms with Gasteiger partial charge in [-0.15, -0.1) is 0 Å². The number of aryl methyl sites for hydroxylation is 1. The van der Waals surface area contributed by atoms with Gasteiger partial charge < -0.3 is 0 Å². The number of rotatable bonds is 3. The van der Waals surface area contributed by atoms with E-state index in [1.807, 2.05) is 0 Å². The van der Waals surface area contributed by atoms with Gasteiger partial charge in [-0.2, -0.15) is 0 Å². The van der Waals surface area contributed by atoms with Crippen LogP contribution >= 0.6 is 77.0 Å². The Morgan fingerprint density at radius 2 is 2.00 bits per heavy atom. The summed E-state index contributed by atoms with van der Waals surface area (Å²) in [5.41, 5.74) is 2.86. The average molecular weight is 530 g/mol. The van der Waals surface area contributed by atoms with Gasteiger partial charge in [0, 0.05) is 9.80 Å². The molecule has 72 valence electrons. The van der Waals surface area contributed by atoms with E-state index in [9.17, 15) is 0 Å². The van der Waals surface area contributed by atoms with Crippen LogP contribution in [0.15, 0.2) is 22.7 Å². The van der Waals surface area contributed by atoms with Gasteiger partial charge >= 0.3 is 0 Å². The van der Waals surface area contributed by atoms with E-state index >= 15 is 0 Å². The molecule has 0 amide bonds. The van der Waals surface area contributed by atoms with E-state index in [0.717, 1.165) is 11.8 Å². The van der Waals surface area contributed by atoms with Crippen LogP contribution in [-0.2, 0) is 6.42 Å². The molecule has 0 spiro atoms. The van der Waals surface area contributed by atoms with Gasteiger partial charge in [-0.05, 0) is 29.7 Å². The zero-order valence-corrected chi connectivity index (χ0v) is 14.2. The normalized spacial score (nSPS) is 10.8. The molecule has 0 nitrogen and oxygen atoms in total.